The zero-order chi connectivity index (χ0) is 23.3. The first kappa shape index (κ1) is 25.1. The van der Waals surface area contributed by atoms with Gasteiger partial charge in [-0.1, -0.05) is 54.5 Å². The van der Waals surface area contributed by atoms with Gasteiger partial charge in [0.25, 0.3) is 0 Å². The quantitative estimate of drug-likeness (QED) is 0.498. The summed E-state index contributed by atoms with van der Waals surface area (Å²) < 4.78 is 5.96. The van der Waals surface area contributed by atoms with Crippen molar-refractivity contribution < 1.29 is 19.1 Å². The maximum Gasteiger partial charge on any atom is 0.227 e. The average molecular weight is 430 g/mol. The number of furan rings is 1. The van der Waals surface area contributed by atoms with Crippen molar-refractivity contribution in [3.05, 3.63) is 35.1 Å². The molecular formula is C26H39NO4. The largest absolute Gasteiger partial charge is 0.453 e. The monoisotopic (exact) mass is 429 g/mol. The maximum atomic E-state index is 13.4. The van der Waals surface area contributed by atoms with Gasteiger partial charge in [0.1, 0.15) is 5.58 Å². The highest BCUT2D eigenvalue weighted by Crippen LogP contribution is 2.32. The average Bonchev–Trinajstić information content (AvgIpc) is 3.03. The normalized spacial score (nSPS) is 12.2. The molecule has 0 saturated heterocycles. The molecule has 172 valence electrons. The molecular weight excluding hydrogens is 390 g/mol. The number of aliphatic hydroxyl groups excluding tert-OH is 1. The second kappa shape index (κ2) is 10.4. The SMILES string of the molecule is CC(C)CCN(CCC(C)C)C(=O)Cc1c(C(=O)C(C)(C)C)oc2ccc(CO)cc12. The van der Waals surface area contributed by atoms with Crippen LogP contribution in [0.5, 0.6) is 0 Å². The number of nitrogens with zero attached hydrogens (tertiary/aromatic N) is 1. The molecule has 0 unspecified atom stereocenters. The second-order valence-electron chi connectivity index (χ2n) is 10.4. The summed E-state index contributed by atoms with van der Waals surface area (Å²) in [6.07, 6.45) is 2.01. The Morgan fingerprint density at radius 2 is 1.61 bits per heavy atom. The van der Waals surface area contributed by atoms with Crippen molar-refractivity contribution in [2.24, 2.45) is 17.3 Å². The molecule has 0 saturated carbocycles. The molecule has 2 aromatic rings. The summed E-state index contributed by atoms with van der Waals surface area (Å²) in [5, 5.41) is 10.3. The lowest BCUT2D eigenvalue weighted by Gasteiger charge is -2.25. The van der Waals surface area contributed by atoms with Crippen molar-refractivity contribution in [2.75, 3.05) is 13.1 Å². The summed E-state index contributed by atoms with van der Waals surface area (Å²) in [5.41, 5.74) is 1.31. The van der Waals surface area contributed by atoms with Gasteiger partial charge in [-0.15, -0.1) is 0 Å². The first-order chi connectivity index (χ1) is 14.4. The highest BCUT2D eigenvalue weighted by atomic mass is 16.3. The number of carbonyl (C=O) groups is 2. The fourth-order valence-corrected chi connectivity index (χ4v) is 3.45. The number of fused-ring (bicyclic) bond motifs is 1. The summed E-state index contributed by atoms with van der Waals surface area (Å²) in [4.78, 5) is 28.4. The smallest absolute Gasteiger partial charge is 0.227 e. The van der Waals surface area contributed by atoms with Crippen molar-refractivity contribution >= 4 is 22.7 Å². The first-order valence-electron chi connectivity index (χ1n) is 11.4. The van der Waals surface area contributed by atoms with Crippen LogP contribution in [-0.2, 0) is 17.8 Å². The number of rotatable bonds is 10. The number of benzene rings is 1. The lowest BCUT2D eigenvalue weighted by Crippen LogP contribution is -2.35. The summed E-state index contributed by atoms with van der Waals surface area (Å²) in [5.74, 6) is 1.18. The number of aliphatic hydroxyl groups is 1. The molecule has 31 heavy (non-hydrogen) atoms. The third-order valence-electron chi connectivity index (χ3n) is 5.56. The van der Waals surface area contributed by atoms with Crippen molar-refractivity contribution in [2.45, 2.75) is 74.3 Å². The molecule has 1 aromatic carbocycles. The van der Waals surface area contributed by atoms with Gasteiger partial charge in [-0.3, -0.25) is 9.59 Å². The first-order valence-corrected chi connectivity index (χ1v) is 11.4. The fourth-order valence-electron chi connectivity index (χ4n) is 3.45. The van der Waals surface area contributed by atoms with Gasteiger partial charge < -0.3 is 14.4 Å². The number of hydrogen-bond donors (Lipinski definition) is 1. The fraction of sp³-hybridized carbons (Fsp3) is 0.615. The molecule has 1 heterocycles. The Morgan fingerprint density at radius 1 is 1.03 bits per heavy atom. The molecule has 1 N–H and O–H groups in total. The van der Waals surface area contributed by atoms with Crippen molar-refractivity contribution in [3.8, 4) is 0 Å². The highest BCUT2D eigenvalue weighted by Gasteiger charge is 2.31. The molecule has 0 fully saturated rings. The molecule has 1 aromatic heterocycles. The van der Waals surface area contributed by atoms with Crippen LogP contribution < -0.4 is 0 Å². The van der Waals surface area contributed by atoms with E-state index in [1.807, 2.05) is 31.7 Å². The van der Waals surface area contributed by atoms with Crippen LogP contribution in [0.2, 0.25) is 0 Å². The Labute approximate surface area is 186 Å². The zero-order valence-electron chi connectivity index (χ0n) is 20.2. The van der Waals surface area contributed by atoms with E-state index in [2.05, 4.69) is 27.7 Å². The number of hydrogen-bond acceptors (Lipinski definition) is 4. The second-order valence-corrected chi connectivity index (χ2v) is 10.4. The van der Waals surface area contributed by atoms with Crippen LogP contribution in [0.15, 0.2) is 22.6 Å². The Bertz CT molecular complexity index is 890. The molecule has 5 nitrogen and oxygen atoms in total. The van der Waals surface area contributed by atoms with Crippen LogP contribution >= 0.6 is 0 Å². The minimum atomic E-state index is -0.625. The van der Waals surface area contributed by atoms with Crippen molar-refractivity contribution in [1.82, 2.24) is 4.90 Å². The van der Waals surface area contributed by atoms with E-state index in [0.29, 0.717) is 36.1 Å². The van der Waals surface area contributed by atoms with Crippen molar-refractivity contribution in [1.29, 1.82) is 0 Å². The summed E-state index contributed by atoms with van der Waals surface area (Å²) in [6.45, 7) is 15.5. The predicted octanol–water partition coefficient (Wildman–Crippen LogP) is 5.62. The molecule has 2 rings (SSSR count). The molecule has 0 bridgehead atoms. The van der Waals surface area contributed by atoms with E-state index in [9.17, 15) is 14.7 Å². The third-order valence-corrected chi connectivity index (χ3v) is 5.56. The van der Waals surface area contributed by atoms with Gasteiger partial charge in [0, 0.05) is 29.5 Å². The van der Waals surface area contributed by atoms with E-state index >= 15 is 0 Å². The van der Waals surface area contributed by atoms with Crippen molar-refractivity contribution in [3.63, 3.8) is 0 Å². The Balaban J connectivity index is 2.45. The van der Waals surface area contributed by atoms with Gasteiger partial charge in [0.05, 0.1) is 13.0 Å². The van der Waals surface area contributed by atoms with Crippen LogP contribution in [0.1, 0.15) is 83.0 Å². The van der Waals surface area contributed by atoms with Gasteiger partial charge in [-0.2, -0.15) is 0 Å². The van der Waals surface area contributed by atoms with Crippen LogP contribution in [0.3, 0.4) is 0 Å². The van der Waals surface area contributed by atoms with Gasteiger partial charge >= 0.3 is 0 Å². The third kappa shape index (κ3) is 6.67. The molecule has 0 aliphatic rings. The number of amides is 1. The van der Waals surface area contributed by atoms with Gasteiger partial charge in [-0.05, 0) is 42.4 Å². The highest BCUT2D eigenvalue weighted by molar-refractivity contribution is 6.04. The zero-order valence-corrected chi connectivity index (χ0v) is 20.2. The molecule has 1 amide bonds. The number of carbonyl (C=O) groups excluding carboxylic acids is 2. The Kier molecular flexibility index (Phi) is 8.47. The summed E-state index contributed by atoms with van der Waals surface area (Å²) in [7, 11) is 0. The molecule has 0 aliphatic heterocycles. The lowest BCUT2D eigenvalue weighted by atomic mass is 9.87. The van der Waals surface area contributed by atoms with E-state index in [4.69, 9.17) is 4.42 Å². The Morgan fingerprint density at radius 3 is 2.10 bits per heavy atom. The maximum absolute atomic E-state index is 13.4. The number of ketones is 1. The molecule has 0 atom stereocenters. The predicted molar refractivity (Wildman–Crippen MR) is 125 cm³/mol. The summed E-state index contributed by atoms with van der Waals surface area (Å²) >= 11 is 0. The molecule has 5 heteroatoms. The van der Waals surface area contributed by atoms with Gasteiger partial charge in [-0.25, -0.2) is 0 Å². The van der Waals surface area contributed by atoms with E-state index < -0.39 is 5.41 Å². The standard InChI is InChI=1S/C26H39NO4/c1-17(2)10-12-27(13-11-18(3)4)23(29)15-21-20-14-19(16-28)8-9-22(20)31-24(21)25(30)26(5,6)7/h8-9,14,17-18,28H,10-13,15-16H2,1-7H3. The van der Waals surface area contributed by atoms with Gasteiger partial charge in [0.15, 0.2) is 5.76 Å². The van der Waals surface area contributed by atoms with E-state index in [-0.39, 0.29) is 30.5 Å². The summed E-state index contributed by atoms with van der Waals surface area (Å²) in [6, 6.07) is 5.37. The molecule has 0 spiro atoms. The van der Waals surface area contributed by atoms with E-state index in [1.54, 1.807) is 12.1 Å². The topological polar surface area (TPSA) is 70.8 Å². The van der Waals surface area contributed by atoms with Crippen LogP contribution in [0, 0.1) is 17.3 Å². The number of Topliss-reactive ketones (excluding diaryl/α,β-unsaturated/α-hetero) is 1. The van der Waals surface area contributed by atoms with Crippen LogP contribution in [-0.4, -0.2) is 34.8 Å². The van der Waals surface area contributed by atoms with Crippen LogP contribution in [0.25, 0.3) is 11.0 Å². The molecule has 0 aliphatic carbocycles. The lowest BCUT2D eigenvalue weighted by molar-refractivity contribution is -0.130. The van der Waals surface area contributed by atoms with Crippen LogP contribution in [0.4, 0.5) is 0 Å². The minimum absolute atomic E-state index is 0.0151. The Hall–Kier alpha value is -2.14. The minimum Gasteiger partial charge on any atom is -0.453 e. The van der Waals surface area contributed by atoms with E-state index in [0.717, 1.165) is 23.8 Å². The van der Waals surface area contributed by atoms with E-state index in [1.165, 1.54) is 0 Å². The van der Waals surface area contributed by atoms with Gasteiger partial charge in [0.2, 0.25) is 11.7 Å². The molecule has 0 radical (unpaired) electrons.